The van der Waals surface area contributed by atoms with E-state index in [0.29, 0.717) is 19.6 Å². The Morgan fingerprint density at radius 3 is 2.25 bits per heavy atom. The third-order valence-corrected chi connectivity index (χ3v) is 3.54. The fraction of sp³-hybridized carbons (Fsp3) is 0.381. The van der Waals surface area contributed by atoms with Gasteiger partial charge in [0.25, 0.3) is 0 Å². The molecule has 0 N–H and O–H groups in total. The highest BCUT2D eigenvalue weighted by atomic mass is 16.6. The molecule has 0 aromatic heterocycles. The monoisotopic (exact) mass is 326 g/mol. The van der Waals surface area contributed by atoms with Crippen LogP contribution in [0.25, 0.3) is 0 Å². The predicted octanol–water partition coefficient (Wildman–Crippen LogP) is 4.60. The van der Waals surface area contributed by atoms with Crippen molar-refractivity contribution < 1.29 is 14.3 Å². The molecule has 0 fully saturated rings. The van der Waals surface area contributed by atoms with Gasteiger partial charge < -0.3 is 9.47 Å². The molecule has 0 atom stereocenters. The van der Waals surface area contributed by atoms with Crippen LogP contribution in [0.4, 0.5) is 0 Å². The Bertz CT molecular complexity index is 669. The Labute approximate surface area is 144 Å². The summed E-state index contributed by atoms with van der Waals surface area (Å²) in [6.45, 7) is 8.81. The van der Waals surface area contributed by atoms with Crippen molar-refractivity contribution in [1.82, 2.24) is 0 Å². The molecular weight excluding hydrogens is 300 g/mol. The van der Waals surface area contributed by atoms with Gasteiger partial charge in [0.2, 0.25) is 0 Å². The Balaban J connectivity index is 1.88. The molecule has 0 saturated carbocycles. The molecule has 0 radical (unpaired) electrons. The summed E-state index contributed by atoms with van der Waals surface area (Å²) in [5.41, 5.74) is 3.90. The zero-order valence-electron chi connectivity index (χ0n) is 15.0. The van der Waals surface area contributed by atoms with Crippen molar-refractivity contribution in [3.8, 4) is 0 Å². The number of esters is 1. The first-order valence-electron chi connectivity index (χ1n) is 8.25. The van der Waals surface area contributed by atoms with Crippen LogP contribution in [0.15, 0.2) is 48.5 Å². The first-order valence-corrected chi connectivity index (χ1v) is 8.25. The summed E-state index contributed by atoms with van der Waals surface area (Å²) in [5, 5.41) is 0. The summed E-state index contributed by atoms with van der Waals surface area (Å²) >= 11 is 0. The van der Waals surface area contributed by atoms with Gasteiger partial charge in [-0.15, -0.1) is 0 Å². The highest BCUT2D eigenvalue weighted by Crippen LogP contribution is 2.16. The fourth-order valence-electron chi connectivity index (χ4n) is 2.44. The summed E-state index contributed by atoms with van der Waals surface area (Å²) < 4.78 is 11.1. The second-order valence-corrected chi connectivity index (χ2v) is 7.00. The molecule has 24 heavy (non-hydrogen) atoms. The molecule has 0 unspecified atom stereocenters. The Morgan fingerprint density at radius 1 is 0.958 bits per heavy atom. The summed E-state index contributed by atoms with van der Waals surface area (Å²) in [5.74, 6) is -0.196. The van der Waals surface area contributed by atoms with E-state index in [1.54, 1.807) is 0 Å². The number of carbonyl (C=O) groups excluding carboxylic acids is 1. The highest BCUT2D eigenvalue weighted by Gasteiger charge is 2.17. The van der Waals surface area contributed by atoms with Gasteiger partial charge in [0.05, 0.1) is 19.6 Å². The lowest BCUT2D eigenvalue weighted by atomic mass is 10.0. The average molecular weight is 326 g/mol. The van der Waals surface area contributed by atoms with Gasteiger partial charge in [-0.2, -0.15) is 0 Å². The number of carbonyl (C=O) groups is 1. The summed E-state index contributed by atoms with van der Waals surface area (Å²) in [7, 11) is 0. The molecule has 3 nitrogen and oxygen atoms in total. The fourth-order valence-corrected chi connectivity index (χ4v) is 2.44. The van der Waals surface area contributed by atoms with Crippen LogP contribution in [0.1, 0.15) is 43.0 Å². The normalized spacial score (nSPS) is 11.3. The standard InChI is InChI=1S/C21H26O3/c1-16-12-18(15-23-14-17-8-6-5-7-9-17)10-11-19(16)13-20(22)24-21(2,3)4/h5-12H,13-15H2,1-4H3. The van der Waals surface area contributed by atoms with Crippen molar-refractivity contribution in [1.29, 1.82) is 0 Å². The largest absolute Gasteiger partial charge is 0.460 e. The van der Waals surface area contributed by atoms with E-state index in [1.165, 1.54) is 0 Å². The van der Waals surface area contributed by atoms with Crippen LogP contribution in [0, 0.1) is 6.92 Å². The van der Waals surface area contributed by atoms with Crippen molar-refractivity contribution in [2.24, 2.45) is 0 Å². The maximum atomic E-state index is 11.9. The van der Waals surface area contributed by atoms with Gasteiger partial charge in [-0.1, -0.05) is 48.5 Å². The van der Waals surface area contributed by atoms with Crippen molar-refractivity contribution >= 4 is 5.97 Å². The summed E-state index contributed by atoms with van der Waals surface area (Å²) in [6, 6.07) is 16.2. The van der Waals surface area contributed by atoms with Crippen LogP contribution >= 0.6 is 0 Å². The maximum Gasteiger partial charge on any atom is 0.310 e. The van der Waals surface area contributed by atoms with Crippen LogP contribution in [0.2, 0.25) is 0 Å². The molecule has 3 heteroatoms. The Hall–Kier alpha value is -2.13. The molecule has 2 aromatic carbocycles. The number of hydrogen-bond donors (Lipinski definition) is 0. The van der Waals surface area contributed by atoms with E-state index < -0.39 is 5.60 Å². The van der Waals surface area contributed by atoms with E-state index >= 15 is 0 Å². The van der Waals surface area contributed by atoms with Crippen LogP contribution in [0.5, 0.6) is 0 Å². The van der Waals surface area contributed by atoms with Gasteiger partial charge in [0.1, 0.15) is 5.60 Å². The van der Waals surface area contributed by atoms with Crippen LogP contribution in [-0.4, -0.2) is 11.6 Å². The van der Waals surface area contributed by atoms with Gasteiger partial charge in [-0.3, -0.25) is 4.79 Å². The Morgan fingerprint density at radius 2 is 1.62 bits per heavy atom. The molecule has 0 bridgehead atoms. The smallest absolute Gasteiger partial charge is 0.310 e. The SMILES string of the molecule is Cc1cc(COCc2ccccc2)ccc1CC(=O)OC(C)(C)C. The topological polar surface area (TPSA) is 35.5 Å². The third-order valence-electron chi connectivity index (χ3n) is 3.54. The van der Waals surface area contributed by atoms with Crippen molar-refractivity contribution in [2.45, 2.75) is 52.9 Å². The lowest BCUT2D eigenvalue weighted by Crippen LogP contribution is -2.25. The van der Waals surface area contributed by atoms with E-state index in [2.05, 4.69) is 18.2 Å². The number of benzene rings is 2. The number of hydrogen-bond acceptors (Lipinski definition) is 3. The van der Waals surface area contributed by atoms with Gasteiger partial charge in [0.15, 0.2) is 0 Å². The molecule has 0 aliphatic heterocycles. The Kier molecular flexibility index (Phi) is 6.16. The second-order valence-electron chi connectivity index (χ2n) is 7.00. The quantitative estimate of drug-likeness (QED) is 0.728. The van der Waals surface area contributed by atoms with Gasteiger partial charge in [0, 0.05) is 0 Å². The van der Waals surface area contributed by atoms with E-state index in [1.807, 2.05) is 58.0 Å². The molecule has 2 aromatic rings. The maximum absolute atomic E-state index is 11.9. The zero-order chi connectivity index (χ0) is 17.6. The number of ether oxygens (including phenoxy) is 2. The summed E-state index contributed by atoms with van der Waals surface area (Å²) in [4.78, 5) is 11.9. The van der Waals surface area contributed by atoms with Crippen LogP contribution in [-0.2, 0) is 33.9 Å². The van der Waals surface area contributed by atoms with Gasteiger partial charge in [-0.25, -0.2) is 0 Å². The van der Waals surface area contributed by atoms with Gasteiger partial charge >= 0.3 is 5.97 Å². The average Bonchev–Trinajstić information content (AvgIpc) is 2.49. The molecule has 0 spiro atoms. The van der Waals surface area contributed by atoms with Crippen molar-refractivity contribution in [3.05, 3.63) is 70.8 Å². The zero-order valence-corrected chi connectivity index (χ0v) is 15.0. The number of aryl methyl sites for hydroxylation is 1. The molecule has 2 rings (SSSR count). The minimum atomic E-state index is -0.448. The predicted molar refractivity (Wildman–Crippen MR) is 95.7 cm³/mol. The molecule has 0 amide bonds. The van der Waals surface area contributed by atoms with Crippen LogP contribution < -0.4 is 0 Å². The van der Waals surface area contributed by atoms with E-state index in [-0.39, 0.29) is 5.97 Å². The van der Waals surface area contributed by atoms with Crippen LogP contribution in [0.3, 0.4) is 0 Å². The molecule has 0 aliphatic rings. The minimum absolute atomic E-state index is 0.196. The van der Waals surface area contributed by atoms with E-state index in [0.717, 1.165) is 22.3 Å². The van der Waals surface area contributed by atoms with Crippen molar-refractivity contribution in [2.75, 3.05) is 0 Å². The molecular formula is C21H26O3. The molecule has 0 aliphatic carbocycles. The van der Waals surface area contributed by atoms with Gasteiger partial charge in [-0.05, 0) is 49.9 Å². The number of rotatable bonds is 6. The second kappa shape index (κ2) is 8.11. The first-order chi connectivity index (χ1) is 11.3. The molecule has 0 heterocycles. The molecule has 128 valence electrons. The van der Waals surface area contributed by atoms with E-state index in [9.17, 15) is 4.79 Å². The minimum Gasteiger partial charge on any atom is -0.460 e. The lowest BCUT2D eigenvalue weighted by molar-refractivity contribution is -0.153. The first kappa shape index (κ1) is 18.2. The third kappa shape index (κ3) is 6.17. The highest BCUT2D eigenvalue weighted by molar-refractivity contribution is 5.73. The lowest BCUT2D eigenvalue weighted by Gasteiger charge is -2.20. The van der Waals surface area contributed by atoms with Crippen molar-refractivity contribution in [3.63, 3.8) is 0 Å². The molecule has 0 saturated heterocycles. The van der Waals surface area contributed by atoms with E-state index in [4.69, 9.17) is 9.47 Å². The summed E-state index contributed by atoms with van der Waals surface area (Å²) in [6.07, 6.45) is 0.300.